The summed E-state index contributed by atoms with van der Waals surface area (Å²) in [5.41, 5.74) is 8.45. The first kappa shape index (κ1) is 16.0. The van der Waals surface area contributed by atoms with Crippen LogP contribution in [0.3, 0.4) is 0 Å². The summed E-state index contributed by atoms with van der Waals surface area (Å²) in [6.45, 7) is 4.03. The average Bonchev–Trinajstić information content (AvgIpc) is 2.47. The van der Waals surface area contributed by atoms with E-state index < -0.39 is 11.6 Å². The fourth-order valence-electron chi connectivity index (χ4n) is 2.21. The van der Waals surface area contributed by atoms with Crippen molar-refractivity contribution in [2.75, 3.05) is 0 Å². The van der Waals surface area contributed by atoms with Crippen molar-refractivity contribution in [1.29, 1.82) is 0 Å². The smallest absolute Gasteiger partial charge is 0.139 e. The van der Waals surface area contributed by atoms with Crippen LogP contribution in [0.1, 0.15) is 29.7 Å². The van der Waals surface area contributed by atoms with E-state index in [0.717, 1.165) is 23.6 Å². The van der Waals surface area contributed by atoms with Crippen molar-refractivity contribution < 1.29 is 8.78 Å². The molecule has 2 aromatic carbocycles. The van der Waals surface area contributed by atoms with Gasteiger partial charge >= 0.3 is 0 Å². The minimum absolute atomic E-state index is 0.0591. The lowest BCUT2D eigenvalue weighted by molar-refractivity contribution is 0.564. The molecule has 0 heterocycles. The molecule has 21 heavy (non-hydrogen) atoms. The normalized spacial score (nSPS) is 14.0. The second kappa shape index (κ2) is 7.05. The monoisotopic (exact) mass is 307 g/mol. The van der Waals surface area contributed by atoms with Crippen LogP contribution in [0.4, 0.5) is 8.78 Å². The van der Waals surface area contributed by atoms with Crippen LogP contribution in [-0.4, -0.2) is 6.04 Å². The molecule has 1 nitrogen and oxygen atoms in total. The van der Waals surface area contributed by atoms with E-state index in [1.165, 1.54) is 23.9 Å². The maximum Gasteiger partial charge on any atom is 0.139 e. The van der Waals surface area contributed by atoms with Gasteiger partial charge in [0, 0.05) is 22.3 Å². The zero-order valence-corrected chi connectivity index (χ0v) is 13.0. The molecule has 0 bridgehead atoms. The SMILES string of the molecule is CCC(N)C(Sc1ccc(F)cc1F)c1ccccc1C. The summed E-state index contributed by atoms with van der Waals surface area (Å²) in [7, 11) is 0. The van der Waals surface area contributed by atoms with E-state index in [4.69, 9.17) is 5.73 Å². The highest BCUT2D eigenvalue weighted by molar-refractivity contribution is 7.99. The lowest BCUT2D eigenvalue weighted by Crippen LogP contribution is -2.26. The first-order valence-corrected chi connectivity index (χ1v) is 7.83. The number of hydrogen-bond donors (Lipinski definition) is 1. The number of hydrogen-bond acceptors (Lipinski definition) is 2. The molecule has 2 N–H and O–H groups in total. The second-order valence-electron chi connectivity index (χ2n) is 5.04. The third-order valence-corrected chi connectivity index (χ3v) is 4.95. The molecule has 0 aliphatic heterocycles. The Labute approximate surface area is 128 Å². The molecule has 0 fully saturated rings. The van der Waals surface area contributed by atoms with Crippen LogP contribution in [0, 0.1) is 18.6 Å². The molecule has 0 amide bonds. The molecule has 0 spiro atoms. The molecule has 2 rings (SSSR count). The highest BCUT2D eigenvalue weighted by Gasteiger charge is 2.22. The van der Waals surface area contributed by atoms with Gasteiger partial charge in [-0.1, -0.05) is 31.2 Å². The van der Waals surface area contributed by atoms with E-state index in [1.807, 2.05) is 38.1 Å². The Kier molecular flexibility index (Phi) is 5.37. The van der Waals surface area contributed by atoms with Crippen LogP contribution in [0.15, 0.2) is 47.4 Å². The maximum absolute atomic E-state index is 13.9. The van der Waals surface area contributed by atoms with Crippen molar-refractivity contribution in [3.8, 4) is 0 Å². The Hall–Kier alpha value is -1.39. The number of nitrogens with two attached hydrogens (primary N) is 1. The van der Waals surface area contributed by atoms with Crippen molar-refractivity contribution >= 4 is 11.8 Å². The number of thioether (sulfide) groups is 1. The lowest BCUT2D eigenvalue weighted by atomic mass is 10.00. The molecule has 0 aliphatic rings. The van der Waals surface area contributed by atoms with Gasteiger partial charge in [-0.05, 0) is 36.6 Å². The fraction of sp³-hybridized carbons (Fsp3) is 0.294. The third kappa shape index (κ3) is 3.83. The predicted octanol–water partition coefficient (Wildman–Crippen LogP) is 4.84. The molecule has 0 radical (unpaired) electrons. The van der Waals surface area contributed by atoms with E-state index in [1.54, 1.807) is 0 Å². The Morgan fingerprint density at radius 3 is 2.48 bits per heavy atom. The van der Waals surface area contributed by atoms with Crippen LogP contribution in [0.25, 0.3) is 0 Å². The predicted molar refractivity (Wildman–Crippen MR) is 84.4 cm³/mol. The number of rotatable bonds is 5. The minimum atomic E-state index is -0.566. The van der Waals surface area contributed by atoms with Crippen molar-refractivity contribution in [2.24, 2.45) is 5.73 Å². The second-order valence-corrected chi connectivity index (χ2v) is 6.23. The van der Waals surface area contributed by atoms with Crippen LogP contribution in [0.5, 0.6) is 0 Å². The van der Waals surface area contributed by atoms with Crippen LogP contribution in [-0.2, 0) is 0 Å². The molecule has 112 valence electrons. The quantitative estimate of drug-likeness (QED) is 0.800. The molecule has 2 atom stereocenters. The van der Waals surface area contributed by atoms with Gasteiger partial charge in [-0.25, -0.2) is 8.78 Å². The van der Waals surface area contributed by atoms with Crippen molar-refractivity contribution in [3.05, 3.63) is 65.2 Å². The van der Waals surface area contributed by atoms with Gasteiger partial charge in [-0.3, -0.25) is 0 Å². The minimum Gasteiger partial charge on any atom is -0.326 e. The largest absolute Gasteiger partial charge is 0.326 e. The summed E-state index contributed by atoms with van der Waals surface area (Å²) in [5.74, 6) is -1.11. The Bertz CT molecular complexity index is 615. The van der Waals surface area contributed by atoms with Crippen molar-refractivity contribution in [3.63, 3.8) is 0 Å². The zero-order chi connectivity index (χ0) is 15.4. The molecule has 0 saturated carbocycles. The number of aryl methyl sites for hydroxylation is 1. The van der Waals surface area contributed by atoms with E-state index in [9.17, 15) is 8.78 Å². The average molecular weight is 307 g/mol. The van der Waals surface area contributed by atoms with Gasteiger partial charge in [0.1, 0.15) is 11.6 Å². The maximum atomic E-state index is 13.9. The molecule has 0 saturated heterocycles. The Balaban J connectivity index is 2.35. The topological polar surface area (TPSA) is 26.0 Å². The van der Waals surface area contributed by atoms with E-state index >= 15 is 0 Å². The molecular weight excluding hydrogens is 288 g/mol. The summed E-state index contributed by atoms with van der Waals surface area (Å²) >= 11 is 1.36. The number of benzene rings is 2. The van der Waals surface area contributed by atoms with Crippen molar-refractivity contribution in [1.82, 2.24) is 0 Å². The van der Waals surface area contributed by atoms with E-state index in [2.05, 4.69) is 0 Å². The van der Waals surface area contributed by atoms with Gasteiger partial charge in [-0.15, -0.1) is 11.8 Å². The van der Waals surface area contributed by atoms with Gasteiger partial charge in [0.05, 0.1) is 0 Å². The Morgan fingerprint density at radius 1 is 1.14 bits per heavy atom. The van der Waals surface area contributed by atoms with Gasteiger partial charge in [0.2, 0.25) is 0 Å². The Morgan fingerprint density at radius 2 is 1.86 bits per heavy atom. The summed E-state index contributed by atoms with van der Waals surface area (Å²) in [4.78, 5) is 0.425. The van der Waals surface area contributed by atoms with Gasteiger partial charge in [-0.2, -0.15) is 0 Å². The highest BCUT2D eigenvalue weighted by Crippen LogP contribution is 2.40. The van der Waals surface area contributed by atoms with E-state index in [-0.39, 0.29) is 11.3 Å². The van der Waals surface area contributed by atoms with Gasteiger partial charge < -0.3 is 5.73 Å². The highest BCUT2D eigenvalue weighted by atomic mass is 32.2. The third-order valence-electron chi connectivity index (χ3n) is 3.50. The standard InChI is InChI=1S/C17H19F2NS/c1-3-15(20)17(13-7-5-4-6-11(13)2)21-16-9-8-12(18)10-14(16)19/h4-10,15,17H,3,20H2,1-2H3. The molecule has 0 aliphatic carbocycles. The first-order chi connectivity index (χ1) is 10.0. The molecule has 2 aromatic rings. The molecule has 0 aromatic heterocycles. The van der Waals surface area contributed by atoms with Crippen LogP contribution < -0.4 is 5.73 Å². The van der Waals surface area contributed by atoms with Gasteiger partial charge in [0.15, 0.2) is 0 Å². The zero-order valence-electron chi connectivity index (χ0n) is 12.1. The molecule has 4 heteroatoms. The van der Waals surface area contributed by atoms with Crippen LogP contribution >= 0.6 is 11.8 Å². The number of halogens is 2. The van der Waals surface area contributed by atoms with Crippen molar-refractivity contribution in [2.45, 2.75) is 36.5 Å². The summed E-state index contributed by atoms with van der Waals surface area (Å²) in [6, 6.07) is 11.5. The van der Waals surface area contributed by atoms with Crippen LogP contribution in [0.2, 0.25) is 0 Å². The summed E-state index contributed by atoms with van der Waals surface area (Å²) in [6.07, 6.45) is 0.787. The summed E-state index contributed by atoms with van der Waals surface area (Å²) in [5, 5.41) is -0.0591. The van der Waals surface area contributed by atoms with Gasteiger partial charge in [0.25, 0.3) is 0 Å². The molecule has 2 unspecified atom stereocenters. The molecular formula is C17H19F2NS. The first-order valence-electron chi connectivity index (χ1n) is 6.95. The summed E-state index contributed by atoms with van der Waals surface area (Å²) < 4.78 is 26.9. The fourth-order valence-corrected chi connectivity index (χ4v) is 3.56. The van der Waals surface area contributed by atoms with E-state index in [0.29, 0.717) is 4.90 Å². The lowest BCUT2D eigenvalue weighted by Gasteiger charge is -2.24.